The SMILES string of the molecule is COc1c[nH]c(=O)c2cc(Cl)ccc12.O=c1[nH]cc(O)c2ccc(Cl)cc12. The van der Waals surface area contributed by atoms with Gasteiger partial charge in [-0.15, -0.1) is 0 Å². The van der Waals surface area contributed by atoms with Crippen molar-refractivity contribution in [2.24, 2.45) is 0 Å². The van der Waals surface area contributed by atoms with Gasteiger partial charge in [0, 0.05) is 33.2 Å². The maximum absolute atomic E-state index is 11.4. The molecule has 8 heteroatoms. The fourth-order valence-electron chi connectivity index (χ4n) is 2.59. The van der Waals surface area contributed by atoms with Crippen LogP contribution in [-0.2, 0) is 0 Å². The zero-order chi connectivity index (χ0) is 19.6. The van der Waals surface area contributed by atoms with Gasteiger partial charge in [-0.05, 0) is 36.4 Å². The van der Waals surface area contributed by atoms with Crippen LogP contribution in [0, 0.1) is 0 Å². The van der Waals surface area contributed by atoms with E-state index in [1.807, 2.05) is 0 Å². The quantitative estimate of drug-likeness (QED) is 0.445. The van der Waals surface area contributed by atoms with Crippen molar-refractivity contribution in [1.82, 2.24) is 9.97 Å². The number of aromatic hydroxyl groups is 1. The van der Waals surface area contributed by atoms with Crippen molar-refractivity contribution in [3.05, 3.63) is 79.5 Å². The Hall–Kier alpha value is -2.96. The van der Waals surface area contributed by atoms with Crippen LogP contribution in [0.25, 0.3) is 21.5 Å². The predicted molar refractivity (Wildman–Crippen MR) is 107 cm³/mol. The highest BCUT2D eigenvalue weighted by molar-refractivity contribution is 6.31. The molecule has 0 fully saturated rings. The van der Waals surface area contributed by atoms with Gasteiger partial charge in [0.25, 0.3) is 11.1 Å². The number of benzene rings is 2. The highest BCUT2D eigenvalue weighted by atomic mass is 35.5. The summed E-state index contributed by atoms with van der Waals surface area (Å²) in [6.07, 6.45) is 2.80. The van der Waals surface area contributed by atoms with Gasteiger partial charge >= 0.3 is 0 Å². The lowest BCUT2D eigenvalue weighted by Crippen LogP contribution is -2.05. The number of hydrogen-bond donors (Lipinski definition) is 3. The van der Waals surface area contributed by atoms with Crippen LogP contribution in [0.2, 0.25) is 10.0 Å². The monoisotopic (exact) mass is 404 g/mol. The van der Waals surface area contributed by atoms with Gasteiger partial charge in [0.05, 0.1) is 17.9 Å². The Balaban J connectivity index is 0.000000156. The lowest BCUT2D eigenvalue weighted by Gasteiger charge is -2.03. The van der Waals surface area contributed by atoms with Crippen LogP contribution in [0.1, 0.15) is 0 Å². The van der Waals surface area contributed by atoms with Crippen LogP contribution in [0.4, 0.5) is 0 Å². The summed E-state index contributed by atoms with van der Waals surface area (Å²) in [4.78, 5) is 27.7. The molecule has 4 aromatic rings. The molecule has 0 saturated carbocycles. The summed E-state index contributed by atoms with van der Waals surface area (Å²) in [5, 5.41) is 12.6. The molecule has 2 aromatic carbocycles. The number of aromatic amines is 2. The molecule has 0 aliphatic carbocycles. The van der Waals surface area contributed by atoms with E-state index in [0.29, 0.717) is 32.0 Å². The van der Waals surface area contributed by atoms with E-state index in [0.717, 1.165) is 5.39 Å². The van der Waals surface area contributed by atoms with Crippen LogP contribution >= 0.6 is 23.2 Å². The largest absolute Gasteiger partial charge is 0.506 e. The van der Waals surface area contributed by atoms with E-state index >= 15 is 0 Å². The minimum absolute atomic E-state index is 0.0475. The molecular weight excluding hydrogens is 391 g/mol. The van der Waals surface area contributed by atoms with Crippen molar-refractivity contribution in [2.45, 2.75) is 0 Å². The van der Waals surface area contributed by atoms with Gasteiger partial charge in [0.15, 0.2) is 0 Å². The molecule has 2 heterocycles. The smallest absolute Gasteiger partial charge is 0.256 e. The summed E-state index contributed by atoms with van der Waals surface area (Å²) in [6, 6.07) is 9.89. The Morgan fingerprint density at radius 1 is 0.815 bits per heavy atom. The summed E-state index contributed by atoms with van der Waals surface area (Å²) < 4.78 is 5.11. The van der Waals surface area contributed by atoms with Crippen LogP contribution < -0.4 is 15.9 Å². The Bertz CT molecular complexity index is 1250. The summed E-state index contributed by atoms with van der Waals surface area (Å²) in [7, 11) is 1.56. The Kier molecular flexibility index (Phi) is 5.39. The van der Waals surface area contributed by atoms with E-state index in [9.17, 15) is 14.7 Å². The number of H-pyrrole nitrogens is 2. The highest BCUT2D eigenvalue weighted by Gasteiger charge is 2.05. The average Bonchev–Trinajstić information content (AvgIpc) is 2.66. The zero-order valence-electron chi connectivity index (χ0n) is 14.0. The van der Waals surface area contributed by atoms with Crippen molar-refractivity contribution < 1.29 is 9.84 Å². The van der Waals surface area contributed by atoms with E-state index in [2.05, 4.69) is 9.97 Å². The van der Waals surface area contributed by atoms with Crippen molar-refractivity contribution in [2.75, 3.05) is 7.11 Å². The number of fused-ring (bicyclic) bond motifs is 2. The van der Waals surface area contributed by atoms with Crippen molar-refractivity contribution in [1.29, 1.82) is 0 Å². The molecule has 27 heavy (non-hydrogen) atoms. The minimum atomic E-state index is -0.254. The van der Waals surface area contributed by atoms with Gasteiger partial charge in [-0.25, -0.2) is 0 Å². The summed E-state index contributed by atoms with van der Waals surface area (Å²) in [6.45, 7) is 0. The fourth-order valence-corrected chi connectivity index (χ4v) is 2.94. The van der Waals surface area contributed by atoms with Gasteiger partial charge in [0.1, 0.15) is 11.5 Å². The Morgan fingerprint density at radius 2 is 1.33 bits per heavy atom. The number of pyridine rings is 2. The number of rotatable bonds is 1. The molecule has 4 rings (SSSR count). The molecule has 0 atom stereocenters. The predicted octanol–water partition coefficient (Wildman–Crippen LogP) is 4.08. The lowest BCUT2D eigenvalue weighted by molar-refractivity contribution is 0.418. The maximum Gasteiger partial charge on any atom is 0.256 e. The molecular formula is C19H14Cl2N2O4. The van der Waals surface area contributed by atoms with E-state index in [1.54, 1.807) is 43.6 Å². The zero-order valence-corrected chi connectivity index (χ0v) is 15.6. The third-order valence-corrected chi connectivity index (χ3v) is 4.36. The Labute approximate surface area is 162 Å². The van der Waals surface area contributed by atoms with E-state index in [1.165, 1.54) is 12.3 Å². The number of aromatic nitrogens is 2. The number of nitrogens with one attached hydrogen (secondary N) is 2. The number of halogens is 2. The topological polar surface area (TPSA) is 95.2 Å². The van der Waals surface area contributed by atoms with Gasteiger partial charge in [-0.2, -0.15) is 0 Å². The molecule has 0 radical (unpaired) electrons. The first-order valence-electron chi connectivity index (χ1n) is 7.75. The molecule has 0 bridgehead atoms. The van der Waals surface area contributed by atoms with Gasteiger partial charge in [-0.1, -0.05) is 23.2 Å². The second-order valence-electron chi connectivity index (χ2n) is 5.57. The molecule has 6 nitrogen and oxygen atoms in total. The van der Waals surface area contributed by atoms with E-state index < -0.39 is 0 Å². The number of hydrogen-bond acceptors (Lipinski definition) is 4. The molecule has 138 valence electrons. The maximum atomic E-state index is 11.4. The third-order valence-electron chi connectivity index (χ3n) is 3.89. The molecule has 0 amide bonds. The van der Waals surface area contributed by atoms with Gasteiger partial charge in [-0.3, -0.25) is 9.59 Å². The molecule has 0 aliphatic heterocycles. The molecule has 0 spiro atoms. The fraction of sp³-hybridized carbons (Fsp3) is 0.0526. The minimum Gasteiger partial charge on any atom is -0.506 e. The van der Waals surface area contributed by atoms with Crippen molar-refractivity contribution >= 4 is 44.7 Å². The normalized spacial score (nSPS) is 10.5. The third kappa shape index (κ3) is 3.92. The van der Waals surface area contributed by atoms with Crippen molar-refractivity contribution in [3.8, 4) is 11.5 Å². The molecule has 2 aromatic heterocycles. The summed E-state index contributed by atoms with van der Waals surface area (Å²) in [5.41, 5.74) is -0.418. The first-order chi connectivity index (χ1) is 12.9. The first-order valence-corrected chi connectivity index (χ1v) is 8.51. The number of methoxy groups -OCH3 is 1. The average molecular weight is 405 g/mol. The molecule has 3 N–H and O–H groups in total. The van der Waals surface area contributed by atoms with E-state index in [4.69, 9.17) is 27.9 Å². The lowest BCUT2D eigenvalue weighted by atomic mass is 10.1. The van der Waals surface area contributed by atoms with Gasteiger partial charge < -0.3 is 19.8 Å². The number of ether oxygens (including phenoxy) is 1. The summed E-state index contributed by atoms with van der Waals surface area (Å²) >= 11 is 11.5. The first kappa shape index (κ1) is 18.8. The van der Waals surface area contributed by atoms with Crippen LogP contribution in [-0.4, -0.2) is 22.2 Å². The Morgan fingerprint density at radius 3 is 1.93 bits per heavy atom. The summed E-state index contributed by atoms with van der Waals surface area (Å²) in [5.74, 6) is 0.683. The molecule has 0 aliphatic rings. The standard InChI is InChI=1S/C10H8ClNO2.C9H6ClNO2/c1-14-9-5-12-10(13)8-4-6(11)2-3-7(8)9;10-5-1-2-6-7(3-5)9(13)11-4-8(6)12/h2-5H,1H3,(H,12,13);1-4,12H,(H,11,13). The van der Waals surface area contributed by atoms with Crippen molar-refractivity contribution in [3.63, 3.8) is 0 Å². The van der Waals surface area contributed by atoms with Crippen LogP contribution in [0.15, 0.2) is 58.4 Å². The second kappa shape index (κ2) is 7.73. The second-order valence-corrected chi connectivity index (χ2v) is 6.44. The molecule has 0 saturated heterocycles. The van der Waals surface area contributed by atoms with Gasteiger partial charge in [0.2, 0.25) is 0 Å². The highest BCUT2D eigenvalue weighted by Crippen LogP contribution is 2.24. The molecule has 0 unspecified atom stereocenters. The van der Waals surface area contributed by atoms with Crippen LogP contribution in [0.5, 0.6) is 11.5 Å². The van der Waals surface area contributed by atoms with Crippen LogP contribution in [0.3, 0.4) is 0 Å². The van der Waals surface area contributed by atoms with E-state index in [-0.39, 0.29) is 16.9 Å².